The van der Waals surface area contributed by atoms with Crippen molar-refractivity contribution >= 4 is 27.8 Å². The number of nitrogens with one attached hydrogen (secondary N) is 2. The van der Waals surface area contributed by atoms with Crippen molar-refractivity contribution in [1.82, 2.24) is 25.0 Å². The molecule has 0 atom stereocenters. The largest absolute Gasteiger partial charge is 0.288 e. The Bertz CT molecular complexity index is 511. The molecule has 7 nitrogen and oxygen atoms in total. The van der Waals surface area contributed by atoms with Gasteiger partial charge in [-0.15, -0.1) is 5.10 Å². The second-order valence-electron chi connectivity index (χ2n) is 3.16. The molecule has 0 aromatic carbocycles. The summed E-state index contributed by atoms with van der Waals surface area (Å²) >= 11 is 3.24. The van der Waals surface area contributed by atoms with Gasteiger partial charge in [-0.1, -0.05) is 0 Å². The molecule has 84 valence electrons. The highest BCUT2D eigenvalue weighted by atomic mass is 79.9. The van der Waals surface area contributed by atoms with Gasteiger partial charge in [-0.05, 0) is 22.9 Å². The molecule has 0 fully saturated rings. The van der Waals surface area contributed by atoms with Gasteiger partial charge in [0.05, 0.1) is 10.7 Å². The number of amides is 1. The molecule has 0 unspecified atom stereocenters. The number of halogens is 1. The van der Waals surface area contributed by atoms with Crippen LogP contribution in [0.15, 0.2) is 10.7 Å². The summed E-state index contributed by atoms with van der Waals surface area (Å²) in [6.45, 7) is 1.75. The van der Waals surface area contributed by atoms with Crippen molar-refractivity contribution in [2.24, 2.45) is 7.05 Å². The third-order valence-corrected chi connectivity index (χ3v) is 2.51. The van der Waals surface area contributed by atoms with Gasteiger partial charge in [0.1, 0.15) is 11.5 Å². The SMILES string of the molecule is Cc1nc(NC(=O)c2c(Br)cnn2C)n[nH]1. The Morgan fingerprint density at radius 3 is 2.88 bits per heavy atom. The number of aromatic nitrogens is 5. The van der Waals surface area contributed by atoms with Crippen LogP contribution in [-0.4, -0.2) is 30.9 Å². The highest BCUT2D eigenvalue weighted by Gasteiger charge is 2.16. The number of aryl methyl sites for hydroxylation is 2. The van der Waals surface area contributed by atoms with E-state index >= 15 is 0 Å². The quantitative estimate of drug-likeness (QED) is 0.856. The minimum absolute atomic E-state index is 0.246. The maximum Gasteiger partial charge on any atom is 0.277 e. The zero-order chi connectivity index (χ0) is 11.7. The Hall–Kier alpha value is -1.70. The van der Waals surface area contributed by atoms with E-state index in [4.69, 9.17) is 0 Å². The van der Waals surface area contributed by atoms with Gasteiger partial charge in [-0.2, -0.15) is 10.1 Å². The lowest BCUT2D eigenvalue weighted by Crippen LogP contribution is -2.17. The van der Waals surface area contributed by atoms with Crippen LogP contribution in [0.3, 0.4) is 0 Å². The average Bonchev–Trinajstić information content (AvgIpc) is 2.74. The maximum atomic E-state index is 11.8. The van der Waals surface area contributed by atoms with Gasteiger partial charge in [-0.3, -0.25) is 19.9 Å². The molecule has 0 aliphatic rings. The zero-order valence-electron chi connectivity index (χ0n) is 8.65. The van der Waals surface area contributed by atoms with Crippen molar-refractivity contribution in [3.05, 3.63) is 22.2 Å². The van der Waals surface area contributed by atoms with Gasteiger partial charge in [-0.25, -0.2) is 0 Å². The monoisotopic (exact) mass is 284 g/mol. The molecule has 0 spiro atoms. The number of carbonyl (C=O) groups excluding carboxylic acids is 1. The Morgan fingerprint density at radius 2 is 2.38 bits per heavy atom. The fourth-order valence-corrected chi connectivity index (χ4v) is 1.75. The van der Waals surface area contributed by atoms with Crippen LogP contribution in [0.5, 0.6) is 0 Å². The second-order valence-corrected chi connectivity index (χ2v) is 4.02. The summed E-state index contributed by atoms with van der Waals surface area (Å²) in [6, 6.07) is 0. The number of H-pyrrole nitrogens is 1. The zero-order valence-corrected chi connectivity index (χ0v) is 10.2. The van der Waals surface area contributed by atoms with Crippen molar-refractivity contribution in [3.63, 3.8) is 0 Å². The number of hydrogen-bond acceptors (Lipinski definition) is 4. The van der Waals surface area contributed by atoms with Crippen LogP contribution in [0.4, 0.5) is 5.95 Å². The molecule has 0 saturated heterocycles. The molecule has 1 amide bonds. The van der Waals surface area contributed by atoms with E-state index in [1.54, 1.807) is 20.2 Å². The minimum Gasteiger partial charge on any atom is -0.288 e. The molecule has 0 radical (unpaired) electrons. The van der Waals surface area contributed by atoms with Crippen molar-refractivity contribution in [1.29, 1.82) is 0 Å². The topological polar surface area (TPSA) is 88.5 Å². The first-order valence-corrected chi connectivity index (χ1v) is 5.25. The van der Waals surface area contributed by atoms with Gasteiger partial charge in [0.25, 0.3) is 5.91 Å². The van der Waals surface area contributed by atoms with Gasteiger partial charge in [0, 0.05) is 7.05 Å². The number of nitrogens with zero attached hydrogens (tertiary/aromatic N) is 4. The molecule has 16 heavy (non-hydrogen) atoms. The molecule has 0 saturated carbocycles. The van der Waals surface area contributed by atoms with E-state index in [0.717, 1.165) is 0 Å². The standard InChI is InChI=1S/C8H9BrN6O/c1-4-11-8(14-13-4)12-7(16)6-5(9)3-10-15(6)2/h3H,1-2H3,(H2,11,12,13,14,16). The molecule has 2 rings (SSSR count). The maximum absolute atomic E-state index is 11.8. The summed E-state index contributed by atoms with van der Waals surface area (Å²) in [4.78, 5) is 15.8. The predicted octanol–water partition coefficient (Wildman–Crippen LogP) is 0.861. The number of aromatic amines is 1. The molecular weight excluding hydrogens is 276 g/mol. The first-order valence-electron chi connectivity index (χ1n) is 4.46. The Morgan fingerprint density at radius 1 is 1.62 bits per heavy atom. The normalized spacial score (nSPS) is 10.4. The number of carbonyl (C=O) groups is 1. The van der Waals surface area contributed by atoms with E-state index < -0.39 is 0 Å². The fourth-order valence-electron chi connectivity index (χ4n) is 1.23. The van der Waals surface area contributed by atoms with Crippen LogP contribution in [0.2, 0.25) is 0 Å². The van der Waals surface area contributed by atoms with Gasteiger partial charge < -0.3 is 0 Å². The Kier molecular flexibility index (Phi) is 2.73. The lowest BCUT2D eigenvalue weighted by molar-refractivity contribution is 0.101. The molecule has 0 bridgehead atoms. The van der Waals surface area contributed by atoms with E-state index in [-0.39, 0.29) is 11.9 Å². The van der Waals surface area contributed by atoms with E-state index in [2.05, 4.69) is 41.5 Å². The van der Waals surface area contributed by atoms with E-state index in [1.165, 1.54) is 4.68 Å². The second kappa shape index (κ2) is 4.05. The van der Waals surface area contributed by atoms with Crippen LogP contribution < -0.4 is 5.32 Å². The highest BCUT2D eigenvalue weighted by Crippen LogP contribution is 2.15. The van der Waals surface area contributed by atoms with Crippen LogP contribution in [0.25, 0.3) is 0 Å². The predicted molar refractivity (Wildman–Crippen MR) is 60.0 cm³/mol. The van der Waals surface area contributed by atoms with Crippen molar-refractivity contribution in [2.45, 2.75) is 6.92 Å². The van der Waals surface area contributed by atoms with Gasteiger partial charge in [0.15, 0.2) is 0 Å². The third kappa shape index (κ3) is 1.96. The molecule has 2 aromatic rings. The Labute approximate surface area is 99.4 Å². The van der Waals surface area contributed by atoms with E-state index in [0.29, 0.717) is 16.0 Å². The van der Waals surface area contributed by atoms with Crippen LogP contribution in [0.1, 0.15) is 16.3 Å². The van der Waals surface area contributed by atoms with E-state index in [9.17, 15) is 4.79 Å². The first-order chi connectivity index (χ1) is 7.58. The minimum atomic E-state index is -0.314. The third-order valence-electron chi connectivity index (χ3n) is 1.93. The molecule has 2 N–H and O–H groups in total. The van der Waals surface area contributed by atoms with Crippen LogP contribution >= 0.6 is 15.9 Å². The average molecular weight is 285 g/mol. The summed E-state index contributed by atoms with van der Waals surface area (Å²) in [5, 5.41) is 13.0. The molecule has 2 heterocycles. The smallest absolute Gasteiger partial charge is 0.277 e. The number of anilines is 1. The van der Waals surface area contributed by atoms with Crippen LogP contribution in [-0.2, 0) is 7.05 Å². The summed E-state index contributed by atoms with van der Waals surface area (Å²) < 4.78 is 2.10. The number of hydrogen-bond donors (Lipinski definition) is 2. The molecular formula is C8H9BrN6O. The van der Waals surface area contributed by atoms with Crippen molar-refractivity contribution in [3.8, 4) is 0 Å². The molecule has 0 aliphatic heterocycles. The fraction of sp³-hybridized carbons (Fsp3) is 0.250. The first kappa shape index (κ1) is 10.8. The summed E-state index contributed by atoms with van der Waals surface area (Å²) in [5.74, 6) is 0.570. The summed E-state index contributed by atoms with van der Waals surface area (Å²) in [5.41, 5.74) is 0.419. The lowest BCUT2D eigenvalue weighted by Gasteiger charge is -2.01. The molecule has 2 aromatic heterocycles. The number of rotatable bonds is 2. The van der Waals surface area contributed by atoms with E-state index in [1.807, 2.05) is 0 Å². The van der Waals surface area contributed by atoms with Gasteiger partial charge in [0.2, 0.25) is 5.95 Å². The lowest BCUT2D eigenvalue weighted by atomic mass is 10.4. The van der Waals surface area contributed by atoms with Crippen molar-refractivity contribution in [2.75, 3.05) is 5.32 Å². The van der Waals surface area contributed by atoms with Gasteiger partial charge >= 0.3 is 0 Å². The van der Waals surface area contributed by atoms with Crippen molar-refractivity contribution < 1.29 is 4.79 Å². The summed E-state index contributed by atoms with van der Waals surface area (Å²) in [7, 11) is 1.68. The summed E-state index contributed by atoms with van der Waals surface area (Å²) in [6.07, 6.45) is 1.55. The molecule has 8 heteroatoms. The van der Waals surface area contributed by atoms with Crippen LogP contribution in [0, 0.1) is 6.92 Å². The highest BCUT2D eigenvalue weighted by molar-refractivity contribution is 9.10. The Balaban J connectivity index is 2.21. The molecule has 0 aliphatic carbocycles.